The van der Waals surface area contributed by atoms with Gasteiger partial charge in [0, 0.05) is 0 Å². The molecule has 2 unspecified atom stereocenters. The van der Waals surface area contributed by atoms with Gasteiger partial charge in [0.05, 0.1) is 0 Å². The number of hydrogen-bond donors (Lipinski definition) is 0. The molecule has 4 aromatic rings. The number of allylic oxidation sites excluding steroid dienone is 2. The Morgan fingerprint density at radius 2 is 0.973 bits per heavy atom. The number of fused-ring (bicyclic) bond motifs is 2. The molecular weight excluding hydrogens is 571 g/mol. The summed E-state index contributed by atoms with van der Waals surface area (Å²) >= 11 is -4.62. The molecule has 0 heterocycles. The summed E-state index contributed by atoms with van der Waals surface area (Å²) < 4.78 is 0.974. The first-order chi connectivity index (χ1) is 17.8. The van der Waals surface area contributed by atoms with Crippen LogP contribution >= 0.6 is 17.0 Å². The third kappa shape index (κ3) is 3.89. The summed E-state index contributed by atoms with van der Waals surface area (Å²) in [5, 5.41) is 0. The van der Waals surface area contributed by atoms with Gasteiger partial charge in [-0.2, -0.15) is 0 Å². The van der Waals surface area contributed by atoms with E-state index >= 15 is 0 Å². The van der Waals surface area contributed by atoms with E-state index in [2.05, 4.69) is 130 Å². The van der Waals surface area contributed by atoms with Crippen molar-refractivity contribution in [3.8, 4) is 22.3 Å². The molecule has 37 heavy (non-hydrogen) atoms. The zero-order valence-corrected chi connectivity index (χ0v) is 25.5. The Balaban J connectivity index is 1.53. The molecule has 0 saturated heterocycles. The first-order valence-electron chi connectivity index (χ1n) is 13.1. The van der Waals surface area contributed by atoms with E-state index in [1.165, 1.54) is 55.7 Å². The molecule has 2 aliphatic rings. The van der Waals surface area contributed by atoms with E-state index in [1.807, 2.05) is 0 Å². The van der Waals surface area contributed by atoms with E-state index < -0.39 is 16.4 Å². The summed E-state index contributed by atoms with van der Waals surface area (Å²) in [7, 11) is 16.3. The van der Waals surface area contributed by atoms with Crippen LogP contribution in [-0.2, 0) is 16.4 Å². The normalized spacial score (nSPS) is 19.4. The molecule has 0 fully saturated rings. The van der Waals surface area contributed by atoms with E-state index in [0.29, 0.717) is 0 Å². The average Bonchev–Trinajstić information content (AvgIpc) is 3.46. The Labute approximate surface area is 228 Å². The van der Waals surface area contributed by atoms with E-state index in [1.54, 1.807) is 0 Å². The van der Waals surface area contributed by atoms with Crippen LogP contribution in [0.25, 0.3) is 34.4 Å². The topological polar surface area (TPSA) is 0 Å². The number of benzene rings is 4. The van der Waals surface area contributed by atoms with Gasteiger partial charge in [0.15, 0.2) is 0 Å². The van der Waals surface area contributed by atoms with Gasteiger partial charge in [-0.05, 0) is 0 Å². The van der Waals surface area contributed by atoms with Crippen LogP contribution in [0.4, 0.5) is 0 Å². The Morgan fingerprint density at radius 1 is 0.568 bits per heavy atom. The molecule has 2 atom stereocenters. The standard InChI is InChI=1S/2C16H13.C2H5.2ClH.Zr/c2*1-12-10-14-8-5-9-15(16(14)11-12)13-6-3-2-4-7-13;1-2;;;/h2*2-11H,1H3;1H2,2H3;2*1H;/q;;;;;+2/p-2. The minimum absolute atomic E-state index is 0.0770. The van der Waals surface area contributed by atoms with Gasteiger partial charge in [0.25, 0.3) is 0 Å². The second-order valence-electron chi connectivity index (χ2n) is 10.7. The first-order valence-corrected chi connectivity index (χ1v) is 24.0. The second kappa shape index (κ2) is 9.23. The van der Waals surface area contributed by atoms with Crippen molar-refractivity contribution in [2.24, 2.45) is 0 Å². The molecule has 0 saturated carbocycles. The van der Waals surface area contributed by atoms with Crippen molar-refractivity contribution in [2.45, 2.75) is 32.2 Å². The predicted molar refractivity (Wildman–Crippen MR) is 159 cm³/mol. The quantitative estimate of drug-likeness (QED) is 0.213. The van der Waals surface area contributed by atoms with Gasteiger partial charge in [-0.15, -0.1) is 0 Å². The van der Waals surface area contributed by atoms with Crippen LogP contribution in [0.1, 0.15) is 50.3 Å². The van der Waals surface area contributed by atoms with Gasteiger partial charge < -0.3 is 0 Å². The molecule has 6 rings (SSSR count). The maximum absolute atomic E-state index is 8.13. The van der Waals surface area contributed by atoms with Crippen molar-refractivity contribution < 1.29 is 16.4 Å². The van der Waals surface area contributed by atoms with Crippen LogP contribution < -0.4 is 0 Å². The van der Waals surface area contributed by atoms with Crippen molar-refractivity contribution in [3.05, 3.63) is 130 Å². The van der Waals surface area contributed by atoms with E-state index in [9.17, 15) is 0 Å². The molecule has 0 N–H and O–H groups in total. The van der Waals surface area contributed by atoms with Gasteiger partial charge >= 0.3 is 230 Å². The summed E-state index contributed by atoms with van der Waals surface area (Å²) in [5.41, 5.74) is 12.7. The van der Waals surface area contributed by atoms with Crippen molar-refractivity contribution in [1.29, 1.82) is 0 Å². The molecular formula is C34H31Cl2Zr. The van der Waals surface area contributed by atoms with E-state index in [0.717, 1.165) is 4.13 Å². The Morgan fingerprint density at radius 3 is 1.35 bits per heavy atom. The molecule has 0 radical (unpaired) electrons. The molecule has 0 spiro atoms. The van der Waals surface area contributed by atoms with Crippen LogP contribution in [-0.4, -0.2) is 0 Å². The van der Waals surface area contributed by atoms with Crippen molar-refractivity contribution in [3.63, 3.8) is 0 Å². The summed E-state index contributed by atoms with van der Waals surface area (Å²) in [6.07, 6.45) is 4.71. The molecule has 0 aliphatic heterocycles. The fourth-order valence-electron chi connectivity index (χ4n) is 6.98. The Hall–Kier alpha value is -2.18. The zero-order valence-electron chi connectivity index (χ0n) is 21.5. The Kier molecular flexibility index (Phi) is 6.27. The van der Waals surface area contributed by atoms with Crippen molar-refractivity contribution in [2.75, 3.05) is 0 Å². The molecule has 185 valence electrons. The average molecular weight is 602 g/mol. The summed E-state index contributed by atoms with van der Waals surface area (Å²) in [6, 6.07) is 34.6. The van der Waals surface area contributed by atoms with Crippen LogP contribution in [0, 0.1) is 0 Å². The maximum atomic E-state index is 8.13. The first kappa shape index (κ1) is 25.1. The minimum atomic E-state index is -4.62. The molecule has 0 nitrogen and oxygen atoms in total. The van der Waals surface area contributed by atoms with Gasteiger partial charge in [0.2, 0.25) is 0 Å². The monoisotopic (exact) mass is 599 g/mol. The van der Waals surface area contributed by atoms with Crippen LogP contribution in [0.3, 0.4) is 0 Å². The molecule has 0 bridgehead atoms. The van der Waals surface area contributed by atoms with E-state index in [4.69, 9.17) is 17.0 Å². The second-order valence-corrected chi connectivity index (χ2v) is 33.6. The summed E-state index contributed by atoms with van der Waals surface area (Å²) in [6.45, 7) is 6.70. The fourth-order valence-corrected chi connectivity index (χ4v) is 26.0. The third-order valence-electron chi connectivity index (χ3n) is 8.58. The SMILES string of the molecule is C[CH2][Zr]([Cl])([Cl])([CH]1C(C)=Cc2c(-c3ccccc3)cccc21)[CH]1C(C)=Cc2c(-c3ccccc3)cccc21. The summed E-state index contributed by atoms with van der Waals surface area (Å²) in [4.78, 5) is 0. The van der Waals surface area contributed by atoms with E-state index in [-0.39, 0.29) is 7.25 Å². The number of rotatable bonds is 5. The van der Waals surface area contributed by atoms with Gasteiger partial charge in [-0.1, -0.05) is 0 Å². The Bertz CT molecular complexity index is 1450. The molecule has 0 aromatic heterocycles. The summed E-state index contributed by atoms with van der Waals surface area (Å²) in [5.74, 6) is 0. The number of hydrogen-bond acceptors (Lipinski definition) is 0. The van der Waals surface area contributed by atoms with Crippen molar-refractivity contribution in [1.82, 2.24) is 0 Å². The molecule has 3 heteroatoms. The number of halogens is 2. The predicted octanol–water partition coefficient (Wildman–Crippen LogP) is 11.1. The van der Waals surface area contributed by atoms with Gasteiger partial charge in [-0.25, -0.2) is 0 Å². The molecule has 4 aromatic carbocycles. The van der Waals surface area contributed by atoms with Crippen LogP contribution in [0.5, 0.6) is 0 Å². The van der Waals surface area contributed by atoms with Gasteiger partial charge in [0.1, 0.15) is 0 Å². The molecule has 0 amide bonds. The third-order valence-corrected chi connectivity index (χ3v) is 29.8. The van der Waals surface area contributed by atoms with Crippen molar-refractivity contribution >= 4 is 29.2 Å². The van der Waals surface area contributed by atoms with Crippen LogP contribution in [0.15, 0.2) is 108 Å². The van der Waals surface area contributed by atoms with Gasteiger partial charge in [-0.3, -0.25) is 0 Å². The fraction of sp³-hybridized carbons (Fsp3) is 0.176. The zero-order chi connectivity index (χ0) is 25.8. The molecule has 2 aliphatic carbocycles. The van der Waals surface area contributed by atoms with Crippen LogP contribution in [0.2, 0.25) is 4.13 Å².